The number of halogens is 1. The Morgan fingerprint density at radius 1 is 1.53 bits per heavy atom. The van der Waals surface area contributed by atoms with Crippen molar-refractivity contribution in [1.29, 1.82) is 0 Å². The van der Waals surface area contributed by atoms with E-state index in [9.17, 15) is 5.11 Å². The molecule has 1 fully saturated rings. The Kier molecular flexibility index (Phi) is 3.97. The van der Waals surface area contributed by atoms with Crippen molar-refractivity contribution in [3.63, 3.8) is 0 Å². The number of aryl methyl sites for hydroxylation is 1. The van der Waals surface area contributed by atoms with Crippen molar-refractivity contribution in [2.75, 3.05) is 13.2 Å². The second-order valence-electron chi connectivity index (χ2n) is 4.73. The van der Waals surface area contributed by atoms with Crippen molar-refractivity contribution in [3.05, 3.63) is 22.7 Å². The maximum atomic E-state index is 9.39. The van der Waals surface area contributed by atoms with E-state index in [4.69, 9.17) is 11.6 Å². The van der Waals surface area contributed by atoms with Crippen LogP contribution >= 0.6 is 11.6 Å². The Morgan fingerprint density at radius 2 is 2.29 bits per heavy atom. The van der Waals surface area contributed by atoms with Gasteiger partial charge >= 0.3 is 0 Å². The topological polar surface area (TPSA) is 49.2 Å². The summed E-state index contributed by atoms with van der Waals surface area (Å²) in [5, 5.41) is 9.87. The minimum absolute atomic E-state index is 0.195. The van der Waals surface area contributed by atoms with Crippen molar-refractivity contribution in [3.8, 4) is 0 Å². The molecule has 1 N–H and O–H groups in total. The Morgan fingerprint density at radius 3 is 2.94 bits per heavy atom. The average Bonchev–Trinajstić information content (AvgIpc) is 2.57. The first-order chi connectivity index (χ1) is 8.10. The molecule has 2 atom stereocenters. The number of aromatic nitrogens is 2. The lowest BCUT2D eigenvalue weighted by Crippen LogP contribution is -2.35. The summed E-state index contributed by atoms with van der Waals surface area (Å²) in [7, 11) is 0. The molecule has 94 valence electrons. The molecule has 5 heteroatoms. The van der Waals surface area contributed by atoms with Crippen molar-refractivity contribution >= 4 is 11.6 Å². The van der Waals surface area contributed by atoms with Gasteiger partial charge in [0, 0.05) is 11.7 Å². The number of likely N-dealkylation sites (tertiary alicyclic amines) is 1. The first-order valence-electron chi connectivity index (χ1n) is 5.95. The first-order valence-corrected chi connectivity index (χ1v) is 6.33. The molecule has 2 rings (SSSR count). The fourth-order valence-corrected chi connectivity index (χ4v) is 2.68. The molecule has 0 bridgehead atoms. The maximum Gasteiger partial charge on any atom is 0.144 e. The van der Waals surface area contributed by atoms with Gasteiger partial charge in [-0.2, -0.15) is 0 Å². The molecule has 17 heavy (non-hydrogen) atoms. The zero-order valence-corrected chi connectivity index (χ0v) is 11.0. The average molecular weight is 256 g/mol. The number of hydrogen-bond acceptors (Lipinski definition) is 4. The monoisotopic (exact) mass is 255 g/mol. The summed E-state index contributed by atoms with van der Waals surface area (Å²) in [4.78, 5) is 10.8. The third-order valence-corrected chi connectivity index (χ3v) is 3.59. The predicted octanol–water partition coefficient (Wildman–Crippen LogP) is 1.64. The highest BCUT2D eigenvalue weighted by Gasteiger charge is 2.30. The van der Waals surface area contributed by atoms with Gasteiger partial charge in [-0.05, 0) is 31.9 Å². The van der Waals surface area contributed by atoms with Crippen LogP contribution in [-0.4, -0.2) is 39.2 Å². The highest BCUT2D eigenvalue weighted by Crippen LogP contribution is 2.24. The molecule has 0 spiro atoms. The minimum atomic E-state index is 0.195. The van der Waals surface area contributed by atoms with E-state index in [0.717, 1.165) is 24.5 Å². The zero-order valence-electron chi connectivity index (χ0n) is 10.2. The highest BCUT2D eigenvalue weighted by atomic mass is 35.5. The van der Waals surface area contributed by atoms with Crippen molar-refractivity contribution < 1.29 is 5.11 Å². The van der Waals surface area contributed by atoms with Gasteiger partial charge in [-0.3, -0.25) is 4.90 Å². The quantitative estimate of drug-likeness (QED) is 0.835. The fraction of sp³-hybridized carbons (Fsp3) is 0.667. The van der Waals surface area contributed by atoms with Crippen LogP contribution in [0.4, 0.5) is 0 Å². The van der Waals surface area contributed by atoms with E-state index >= 15 is 0 Å². The molecule has 1 aromatic rings. The predicted molar refractivity (Wildman–Crippen MR) is 66.8 cm³/mol. The van der Waals surface area contributed by atoms with Gasteiger partial charge in [-0.25, -0.2) is 9.97 Å². The highest BCUT2D eigenvalue weighted by molar-refractivity contribution is 6.29. The van der Waals surface area contributed by atoms with Gasteiger partial charge in [0.2, 0.25) is 0 Å². The molecule has 0 saturated carbocycles. The summed E-state index contributed by atoms with van der Waals surface area (Å²) in [6.45, 7) is 5.93. The lowest BCUT2D eigenvalue weighted by molar-refractivity contribution is 0.132. The van der Waals surface area contributed by atoms with Crippen LogP contribution in [-0.2, 0) is 6.54 Å². The molecule has 2 heterocycles. The summed E-state index contributed by atoms with van der Waals surface area (Å²) in [6, 6.07) is 1.97. The van der Waals surface area contributed by atoms with Gasteiger partial charge in [0.25, 0.3) is 0 Å². The fourth-order valence-electron chi connectivity index (χ4n) is 2.42. The number of aliphatic hydroxyl groups is 1. The number of nitrogens with zero attached hydrogens (tertiary/aromatic N) is 3. The van der Waals surface area contributed by atoms with Gasteiger partial charge in [0.1, 0.15) is 11.0 Å². The number of aliphatic hydroxyl groups excluding tert-OH is 1. The lowest BCUT2D eigenvalue weighted by atomic mass is 10.0. The van der Waals surface area contributed by atoms with Crippen LogP contribution in [0.15, 0.2) is 6.07 Å². The van der Waals surface area contributed by atoms with Crippen LogP contribution in [0.3, 0.4) is 0 Å². The van der Waals surface area contributed by atoms with Crippen molar-refractivity contribution in [1.82, 2.24) is 14.9 Å². The number of rotatable bonds is 3. The van der Waals surface area contributed by atoms with E-state index in [2.05, 4.69) is 21.8 Å². The smallest absolute Gasteiger partial charge is 0.144 e. The second kappa shape index (κ2) is 5.29. The lowest BCUT2D eigenvalue weighted by Gasteiger charge is -2.24. The second-order valence-corrected chi connectivity index (χ2v) is 5.12. The van der Waals surface area contributed by atoms with Gasteiger partial charge < -0.3 is 5.11 Å². The third-order valence-electron chi connectivity index (χ3n) is 3.40. The van der Waals surface area contributed by atoms with Crippen molar-refractivity contribution in [2.45, 2.75) is 32.9 Å². The van der Waals surface area contributed by atoms with E-state index in [1.165, 1.54) is 0 Å². The van der Waals surface area contributed by atoms with Crippen molar-refractivity contribution in [2.24, 2.45) is 5.92 Å². The van der Waals surface area contributed by atoms with Gasteiger partial charge in [0.15, 0.2) is 0 Å². The molecule has 0 radical (unpaired) electrons. The summed E-state index contributed by atoms with van der Waals surface area (Å²) in [5.74, 6) is 1.27. The summed E-state index contributed by atoms with van der Waals surface area (Å²) >= 11 is 5.92. The van der Waals surface area contributed by atoms with E-state index in [0.29, 0.717) is 17.6 Å². The molecule has 1 saturated heterocycles. The molecule has 4 nitrogen and oxygen atoms in total. The van der Waals surface area contributed by atoms with Gasteiger partial charge in [-0.1, -0.05) is 18.5 Å². The van der Waals surface area contributed by atoms with Crippen LogP contribution in [0.2, 0.25) is 5.15 Å². The molecular formula is C12H18ClN3O. The Hall–Kier alpha value is -0.710. The standard InChI is InChI=1S/C12H18ClN3O/c1-8-3-4-16(10(8)7-17)6-12-14-9(2)5-11(13)15-12/h5,8,10,17H,3-4,6-7H2,1-2H3. The zero-order chi connectivity index (χ0) is 12.4. The Labute approximate surface area is 107 Å². The molecule has 0 amide bonds. The summed E-state index contributed by atoms with van der Waals surface area (Å²) < 4.78 is 0. The van der Waals surface area contributed by atoms with E-state index < -0.39 is 0 Å². The van der Waals surface area contributed by atoms with Crippen LogP contribution in [0.5, 0.6) is 0 Å². The van der Waals surface area contributed by atoms with Crippen LogP contribution in [0.25, 0.3) is 0 Å². The van der Waals surface area contributed by atoms with Crippen LogP contribution in [0.1, 0.15) is 24.9 Å². The molecule has 1 aliphatic heterocycles. The summed E-state index contributed by atoms with van der Waals surface area (Å²) in [5.41, 5.74) is 0.882. The Balaban J connectivity index is 2.10. The Bertz CT molecular complexity index is 379. The first kappa shape index (κ1) is 12.7. The van der Waals surface area contributed by atoms with Crippen LogP contribution in [0, 0.1) is 12.8 Å². The molecule has 0 aliphatic carbocycles. The molecule has 1 aromatic heterocycles. The van der Waals surface area contributed by atoms with E-state index in [-0.39, 0.29) is 12.6 Å². The largest absolute Gasteiger partial charge is 0.395 e. The molecular weight excluding hydrogens is 238 g/mol. The normalized spacial score (nSPS) is 25.4. The van der Waals surface area contributed by atoms with Gasteiger partial charge in [0.05, 0.1) is 13.2 Å². The minimum Gasteiger partial charge on any atom is -0.395 e. The van der Waals surface area contributed by atoms with E-state index in [1.54, 1.807) is 6.07 Å². The third kappa shape index (κ3) is 2.94. The SMILES string of the molecule is Cc1cc(Cl)nc(CN2CCC(C)C2CO)n1. The summed E-state index contributed by atoms with van der Waals surface area (Å²) in [6.07, 6.45) is 1.12. The number of hydrogen-bond donors (Lipinski definition) is 1. The molecule has 2 unspecified atom stereocenters. The molecule has 1 aliphatic rings. The van der Waals surface area contributed by atoms with Crippen LogP contribution < -0.4 is 0 Å². The maximum absolute atomic E-state index is 9.39. The molecule has 0 aromatic carbocycles. The van der Waals surface area contributed by atoms with E-state index in [1.807, 2.05) is 6.92 Å². The van der Waals surface area contributed by atoms with Gasteiger partial charge in [-0.15, -0.1) is 0 Å².